The first-order valence-corrected chi connectivity index (χ1v) is 8.98. The third kappa shape index (κ3) is 2.51. The largest absolute Gasteiger partial charge is 0.288 e. The summed E-state index contributed by atoms with van der Waals surface area (Å²) < 4.78 is 1.89. The van der Waals surface area contributed by atoms with Crippen molar-refractivity contribution in [3.05, 3.63) is 51.3 Å². The van der Waals surface area contributed by atoms with Crippen molar-refractivity contribution < 1.29 is 4.79 Å². The number of rotatable bonds is 3. The minimum atomic E-state index is 0.108. The van der Waals surface area contributed by atoms with E-state index in [4.69, 9.17) is 0 Å². The number of aromatic nitrogens is 2. The van der Waals surface area contributed by atoms with Crippen molar-refractivity contribution in [3.8, 4) is 0 Å². The van der Waals surface area contributed by atoms with Gasteiger partial charge < -0.3 is 0 Å². The molecule has 0 N–H and O–H groups in total. The second-order valence-electron chi connectivity index (χ2n) is 7.75. The number of hydrogen-bond acceptors (Lipinski definition) is 2. The van der Waals surface area contributed by atoms with E-state index in [0.717, 1.165) is 35.3 Å². The summed E-state index contributed by atoms with van der Waals surface area (Å²) in [5.41, 5.74) is 7.95. The summed E-state index contributed by atoms with van der Waals surface area (Å²) >= 11 is 0. The summed E-state index contributed by atoms with van der Waals surface area (Å²) in [5.74, 6) is 0.108. The molecule has 0 atom stereocenters. The van der Waals surface area contributed by atoms with E-state index >= 15 is 0 Å². The van der Waals surface area contributed by atoms with Gasteiger partial charge in [-0.25, -0.2) is 0 Å². The molecule has 0 aliphatic heterocycles. The molecular weight excluding hydrogens is 296 g/mol. The summed E-state index contributed by atoms with van der Waals surface area (Å²) in [6, 6.07) is 2.10. The minimum absolute atomic E-state index is 0.108. The summed E-state index contributed by atoms with van der Waals surface area (Å²) in [7, 11) is 0. The zero-order valence-electron chi connectivity index (χ0n) is 15.8. The van der Waals surface area contributed by atoms with Crippen LogP contribution in [0.3, 0.4) is 0 Å². The lowest BCUT2D eigenvalue weighted by Gasteiger charge is -2.36. The van der Waals surface area contributed by atoms with Crippen molar-refractivity contribution in [3.63, 3.8) is 0 Å². The van der Waals surface area contributed by atoms with Crippen LogP contribution in [0.15, 0.2) is 12.3 Å². The molecule has 128 valence electrons. The lowest BCUT2D eigenvalue weighted by atomic mass is 9.68. The van der Waals surface area contributed by atoms with Gasteiger partial charge in [-0.15, -0.1) is 0 Å². The second kappa shape index (κ2) is 5.87. The molecule has 0 fully saturated rings. The van der Waals surface area contributed by atoms with E-state index in [0.29, 0.717) is 0 Å². The maximum absolute atomic E-state index is 13.2. The van der Waals surface area contributed by atoms with Crippen LogP contribution in [-0.4, -0.2) is 15.6 Å². The quantitative estimate of drug-likeness (QED) is 0.769. The standard InChI is InChI=1S/C21H28N2O/c1-7-23-15(4)18(12-22-23)20(24)17-11-13(2)16-9-8-10-21(5,6)19(16)14(17)3/h11-12H,7-10H2,1-6H3. The summed E-state index contributed by atoms with van der Waals surface area (Å²) in [4.78, 5) is 13.2. The van der Waals surface area contributed by atoms with Crippen LogP contribution < -0.4 is 0 Å². The average molecular weight is 324 g/mol. The molecule has 0 amide bonds. The Morgan fingerprint density at radius 1 is 1.25 bits per heavy atom. The Balaban J connectivity index is 2.17. The molecule has 0 unspecified atom stereocenters. The van der Waals surface area contributed by atoms with Crippen molar-refractivity contribution in [2.45, 2.75) is 72.8 Å². The van der Waals surface area contributed by atoms with Crippen LogP contribution in [0, 0.1) is 20.8 Å². The molecule has 0 spiro atoms. The summed E-state index contributed by atoms with van der Waals surface area (Å²) in [6.07, 6.45) is 5.27. The Labute approximate surface area is 145 Å². The average Bonchev–Trinajstić information content (AvgIpc) is 2.90. The molecule has 1 heterocycles. The molecule has 0 radical (unpaired) electrons. The molecule has 3 heteroatoms. The van der Waals surface area contributed by atoms with Gasteiger partial charge in [0.15, 0.2) is 5.78 Å². The molecule has 1 aromatic heterocycles. The fourth-order valence-electron chi connectivity index (χ4n) is 4.41. The fraction of sp³-hybridized carbons (Fsp3) is 0.524. The van der Waals surface area contributed by atoms with Crippen LogP contribution in [0.1, 0.15) is 77.5 Å². The molecule has 3 nitrogen and oxygen atoms in total. The highest BCUT2D eigenvalue weighted by Gasteiger charge is 2.32. The van der Waals surface area contributed by atoms with Crippen LogP contribution >= 0.6 is 0 Å². The smallest absolute Gasteiger partial charge is 0.196 e. The monoisotopic (exact) mass is 324 g/mol. The third-order valence-electron chi connectivity index (χ3n) is 5.71. The topological polar surface area (TPSA) is 34.9 Å². The number of carbonyl (C=O) groups excluding carboxylic acids is 1. The fourth-order valence-corrected chi connectivity index (χ4v) is 4.41. The highest BCUT2D eigenvalue weighted by atomic mass is 16.1. The van der Waals surface area contributed by atoms with E-state index in [1.165, 1.54) is 29.5 Å². The van der Waals surface area contributed by atoms with Gasteiger partial charge in [0.25, 0.3) is 0 Å². The van der Waals surface area contributed by atoms with Gasteiger partial charge in [0, 0.05) is 17.8 Å². The van der Waals surface area contributed by atoms with E-state index in [9.17, 15) is 4.79 Å². The number of carbonyl (C=O) groups is 1. The number of hydrogen-bond donors (Lipinski definition) is 0. The first-order valence-electron chi connectivity index (χ1n) is 8.98. The molecule has 0 saturated carbocycles. The van der Waals surface area contributed by atoms with Crippen LogP contribution in [0.5, 0.6) is 0 Å². The Kier molecular flexibility index (Phi) is 4.15. The normalized spacial score (nSPS) is 16.1. The molecule has 1 aliphatic rings. The van der Waals surface area contributed by atoms with E-state index < -0.39 is 0 Å². The first-order chi connectivity index (χ1) is 11.3. The van der Waals surface area contributed by atoms with Gasteiger partial charge in [-0.1, -0.05) is 13.8 Å². The summed E-state index contributed by atoms with van der Waals surface area (Å²) in [6.45, 7) is 13.7. The molecule has 1 aromatic carbocycles. The molecule has 2 aromatic rings. The molecule has 1 aliphatic carbocycles. The molecule has 0 saturated heterocycles. The van der Waals surface area contributed by atoms with Gasteiger partial charge >= 0.3 is 0 Å². The minimum Gasteiger partial charge on any atom is -0.288 e. The number of nitrogens with zero attached hydrogens (tertiary/aromatic N) is 2. The Bertz CT molecular complexity index is 812. The number of fused-ring (bicyclic) bond motifs is 1. The van der Waals surface area contributed by atoms with Crippen molar-refractivity contribution in [2.24, 2.45) is 0 Å². The zero-order chi connectivity index (χ0) is 17.6. The number of ketones is 1. The molecule has 3 rings (SSSR count). The maximum atomic E-state index is 13.2. The van der Waals surface area contributed by atoms with Gasteiger partial charge in [-0.05, 0) is 80.7 Å². The maximum Gasteiger partial charge on any atom is 0.196 e. The van der Waals surface area contributed by atoms with E-state index in [1.807, 2.05) is 18.5 Å². The van der Waals surface area contributed by atoms with Crippen LogP contribution in [-0.2, 0) is 18.4 Å². The van der Waals surface area contributed by atoms with Gasteiger partial charge in [0.05, 0.1) is 11.8 Å². The Hall–Kier alpha value is -1.90. The van der Waals surface area contributed by atoms with Crippen molar-refractivity contribution >= 4 is 5.78 Å². The number of benzene rings is 1. The van der Waals surface area contributed by atoms with Crippen molar-refractivity contribution in [1.29, 1.82) is 0 Å². The van der Waals surface area contributed by atoms with E-state index in [1.54, 1.807) is 6.20 Å². The lowest BCUT2D eigenvalue weighted by Crippen LogP contribution is -2.27. The van der Waals surface area contributed by atoms with Gasteiger partial charge in [-0.3, -0.25) is 9.48 Å². The zero-order valence-corrected chi connectivity index (χ0v) is 15.8. The van der Waals surface area contributed by atoms with E-state index in [2.05, 4.69) is 38.9 Å². The molecule has 0 bridgehead atoms. The first kappa shape index (κ1) is 16.9. The highest BCUT2D eigenvalue weighted by molar-refractivity contribution is 6.10. The van der Waals surface area contributed by atoms with E-state index in [-0.39, 0.29) is 11.2 Å². The summed E-state index contributed by atoms with van der Waals surface area (Å²) in [5, 5.41) is 4.34. The highest BCUT2D eigenvalue weighted by Crippen LogP contribution is 2.41. The van der Waals surface area contributed by atoms with Crippen LogP contribution in [0.2, 0.25) is 0 Å². The molecule has 24 heavy (non-hydrogen) atoms. The SMILES string of the molecule is CCn1ncc(C(=O)c2cc(C)c3c(c2C)C(C)(C)CCC3)c1C. The van der Waals surface area contributed by atoms with Crippen molar-refractivity contribution in [1.82, 2.24) is 9.78 Å². The second-order valence-corrected chi connectivity index (χ2v) is 7.75. The van der Waals surface area contributed by atoms with Gasteiger partial charge in [-0.2, -0.15) is 5.10 Å². The van der Waals surface area contributed by atoms with Gasteiger partial charge in [0.1, 0.15) is 0 Å². The lowest BCUT2D eigenvalue weighted by molar-refractivity contribution is 0.103. The number of aryl methyl sites for hydroxylation is 2. The molecular formula is C21H28N2O. The Morgan fingerprint density at radius 2 is 1.96 bits per heavy atom. The Morgan fingerprint density at radius 3 is 2.58 bits per heavy atom. The van der Waals surface area contributed by atoms with Gasteiger partial charge in [0.2, 0.25) is 0 Å². The predicted molar refractivity (Wildman–Crippen MR) is 98.0 cm³/mol. The van der Waals surface area contributed by atoms with Crippen molar-refractivity contribution in [2.75, 3.05) is 0 Å². The van der Waals surface area contributed by atoms with Crippen LogP contribution in [0.4, 0.5) is 0 Å². The van der Waals surface area contributed by atoms with Crippen LogP contribution in [0.25, 0.3) is 0 Å². The third-order valence-corrected chi connectivity index (χ3v) is 5.71. The predicted octanol–water partition coefficient (Wildman–Crippen LogP) is 4.67.